The number of cyclic esters (lactones) is 1. The summed E-state index contributed by atoms with van der Waals surface area (Å²) in [6.45, 7) is 11.9. The molecule has 1 amide bonds. The smallest absolute Gasteiger partial charge is 0.404 e. The highest BCUT2D eigenvalue weighted by molar-refractivity contribution is 5.85. The lowest BCUT2D eigenvalue weighted by molar-refractivity contribution is -0.142. The van der Waals surface area contributed by atoms with Crippen LogP contribution >= 0.6 is 0 Å². The van der Waals surface area contributed by atoms with E-state index >= 15 is 0 Å². The van der Waals surface area contributed by atoms with Crippen molar-refractivity contribution in [3.05, 3.63) is 24.3 Å². The van der Waals surface area contributed by atoms with Crippen LogP contribution in [0.2, 0.25) is 0 Å². The van der Waals surface area contributed by atoms with E-state index in [0.29, 0.717) is 19.6 Å². The summed E-state index contributed by atoms with van der Waals surface area (Å²) in [4.78, 5) is 39.3. The van der Waals surface area contributed by atoms with Crippen LogP contribution in [0.4, 0.5) is 4.79 Å². The molecule has 0 aliphatic carbocycles. The number of ether oxygens (including phenoxy) is 2. The molecule has 0 aromatic heterocycles. The molecule has 1 saturated heterocycles. The van der Waals surface area contributed by atoms with Crippen molar-refractivity contribution in [3.63, 3.8) is 0 Å². The number of carboxylic acids is 2. The SMILES string of the molecule is C=C(C)C(=O)O.C=C(C)C(=O)O.CCOC(N)=O.O=C1CCCCCO1. The van der Waals surface area contributed by atoms with Crippen LogP contribution in [0.15, 0.2) is 24.3 Å². The summed E-state index contributed by atoms with van der Waals surface area (Å²) in [6.07, 6.45) is 3.12. The molecule has 0 unspecified atom stereocenters. The molecule has 0 spiro atoms. The Morgan fingerprint density at radius 1 is 1.08 bits per heavy atom. The first kappa shape index (κ1) is 28.0. The molecule has 9 nitrogen and oxygen atoms in total. The Labute approximate surface area is 153 Å². The van der Waals surface area contributed by atoms with Gasteiger partial charge in [-0.25, -0.2) is 14.4 Å². The second-order valence-corrected chi connectivity index (χ2v) is 4.95. The molecule has 0 saturated carbocycles. The third-order valence-electron chi connectivity index (χ3n) is 2.31. The number of hydrogen-bond donors (Lipinski definition) is 3. The number of rotatable bonds is 3. The molecule has 0 radical (unpaired) electrons. The van der Waals surface area contributed by atoms with Gasteiger partial charge in [-0.3, -0.25) is 4.79 Å². The van der Waals surface area contributed by atoms with Crippen molar-refractivity contribution in [2.24, 2.45) is 5.73 Å². The maximum Gasteiger partial charge on any atom is 0.404 e. The van der Waals surface area contributed by atoms with Crippen molar-refractivity contribution >= 4 is 24.0 Å². The predicted molar refractivity (Wildman–Crippen MR) is 95.5 cm³/mol. The third kappa shape index (κ3) is 29.2. The summed E-state index contributed by atoms with van der Waals surface area (Å²) < 4.78 is 8.94. The Balaban J connectivity index is -0.000000275. The first-order valence-electron chi connectivity index (χ1n) is 7.81. The molecular weight excluding hydrogens is 346 g/mol. The van der Waals surface area contributed by atoms with E-state index in [0.717, 1.165) is 19.3 Å². The van der Waals surface area contributed by atoms with E-state index in [1.807, 2.05) is 0 Å². The van der Waals surface area contributed by atoms with Crippen LogP contribution in [0.1, 0.15) is 46.5 Å². The van der Waals surface area contributed by atoms with Crippen LogP contribution < -0.4 is 5.73 Å². The number of amides is 1. The van der Waals surface area contributed by atoms with Gasteiger partial charge in [-0.15, -0.1) is 0 Å². The van der Waals surface area contributed by atoms with E-state index in [-0.39, 0.29) is 17.1 Å². The average Bonchev–Trinajstić information content (AvgIpc) is 2.76. The third-order valence-corrected chi connectivity index (χ3v) is 2.31. The number of nitrogens with two attached hydrogens (primary N) is 1. The van der Waals surface area contributed by atoms with Crippen molar-refractivity contribution in [2.45, 2.75) is 46.5 Å². The molecular formula is C17H29NO8. The lowest BCUT2D eigenvalue weighted by Gasteiger charge is -1.93. The summed E-state index contributed by atoms with van der Waals surface area (Å²) in [5.41, 5.74) is 4.89. The largest absolute Gasteiger partial charge is 0.478 e. The van der Waals surface area contributed by atoms with Gasteiger partial charge in [-0.05, 0) is 40.0 Å². The van der Waals surface area contributed by atoms with Crippen LogP contribution in [-0.4, -0.2) is 47.4 Å². The highest BCUT2D eigenvalue weighted by Crippen LogP contribution is 2.06. The van der Waals surface area contributed by atoms with Crippen LogP contribution in [0.25, 0.3) is 0 Å². The van der Waals surface area contributed by atoms with Crippen molar-refractivity contribution in [2.75, 3.05) is 13.2 Å². The van der Waals surface area contributed by atoms with Gasteiger partial charge in [-0.2, -0.15) is 0 Å². The fourth-order valence-corrected chi connectivity index (χ4v) is 0.949. The predicted octanol–water partition coefficient (Wildman–Crippen LogP) is 2.50. The van der Waals surface area contributed by atoms with Crippen molar-refractivity contribution in [3.8, 4) is 0 Å². The standard InChI is InChI=1S/C6H10O2.2C4H6O2.C3H7NO2/c7-6-4-2-1-3-5-8-6;2*1-3(2)4(5)6;1-2-6-3(4)5/h1-5H2;2*1H2,2H3,(H,5,6);2H2,1H3,(H2,4,5). The summed E-state index contributed by atoms with van der Waals surface area (Å²) in [6, 6.07) is 0. The first-order valence-corrected chi connectivity index (χ1v) is 7.81. The fourth-order valence-electron chi connectivity index (χ4n) is 0.949. The minimum Gasteiger partial charge on any atom is -0.478 e. The number of carboxylic acid groups (broad SMARTS) is 2. The monoisotopic (exact) mass is 375 g/mol. The number of carbonyl (C=O) groups is 4. The van der Waals surface area contributed by atoms with Crippen molar-refractivity contribution in [1.29, 1.82) is 0 Å². The molecule has 1 aliphatic rings. The molecule has 0 aromatic carbocycles. The van der Waals surface area contributed by atoms with Crippen LogP contribution in [0, 0.1) is 0 Å². The van der Waals surface area contributed by atoms with Gasteiger partial charge < -0.3 is 25.4 Å². The second-order valence-electron chi connectivity index (χ2n) is 4.95. The maximum atomic E-state index is 10.5. The van der Waals surface area contributed by atoms with Crippen molar-refractivity contribution in [1.82, 2.24) is 0 Å². The van der Waals surface area contributed by atoms with E-state index in [2.05, 4.69) is 23.6 Å². The molecule has 1 fully saturated rings. The zero-order chi connectivity index (χ0) is 21.1. The topological polar surface area (TPSA) is 153 Å². The Kier molecular flexibility index (Phi) is 19.9. The average molecular weight is 375 g/mol. The minimum atomic E-state index is -0.935. The molecule has 4 N–H and O–H groups in total. The Hall–Kier alpha value is -2.84. The van der Waals surface area contributed by atoms with Crippen molar-refractivity contribution < 1.29 is 38.9 Å². The Bertz CT molecular complexity index is 427. The molecule has 1 heterocycles. The van der Waals surface area contributed by atoms with E-state index < -0.39 is 18.0 Å². The van der Waals surface area contributed by atoms with Gasteiger partial charge in [0.2, 0.25) is 0 Å². The summed E-state index contributed by atoms with van der Waals surface area (Å²) in [7, 11) is 0. The Morgan fingerprint density at radius 2 is 1.50 bits per heavy atom. The molecule has 9 heteroatoms. The second kappa shape index (κ2) is 18.5. The molecule has 0 aromatic rings. The van der Waals surface area contributed by atoms with Gasteiger partial charge in [0.25, 0.3) is 0 Å². The summed E-state index contributed by atoms with van der Waals surface area (Å²) in [5, 5.41) is 15.8. The van der Waals surface area contributed by atoms with Crippen LogP contribution in [-0.2, 0) is 23.9 Å². The highest BCUT2D eigenvalue weighted by Gasteiger charge is 2.05. The molecule has 150 valence electrons. The van der Waals surface area contributed by atoms with Gasteiger partial charge >= 0.3 is 24.0 Å². The normalized spacial score (nSPS) is 11.9. The van der Waals surface area contributed by atoms with Crippen LogP contribution in [0.5, 0.6) is 0 Å². The van der Waals surface area contributed by atoms with E-state index in [1.54, 1.807) is 6.92 Å². The zero-order valence-corrected chi connectivity index (χ0v) is 15.6. The molecule has 1 rings (SSSR count). The number of primary amides is 1. The van der Waals surface area contributed by atoms with Gasteiger partial charge in [0.05, 0.1) is 13.2 Å². The molecule has 0 atom stereocenters. The van der Waals surface area contributed by atoms with E-state index in [4.69, 9.17) is 14.9 Å². The fraction of sp³-hybridized carbons (Fsp3) is 0.529. The van der Waals surface area contributed by atoms with Gasteiger partial charge in [0, 0.05) is 17.6 Å². The maximum absolute atomic E-state index is 10.5. The summed E-state index contributed by atoms with van der Waals surface area (Å²) >= 11 is 0. The number of hydrogen-bond acceptors (Lipinski definition) is 6. The highest BCUT2D eigenvalue weighted by atomic mass is 16.5. The number of carbonyl (C=O) groups excluding carboxylic acids is 2. The lowest BCUT2D eigenvalue weighted by atomic mass is 10.2. The van der Waals surface area contributed by atoms with E-state index in [1.165, 1.54) is 13.8 Å². The van der Waals surface area contributed by atoms with Gasteiger partial charge in [-0.1, -0.05) is 13.2 Å². The van der Waals surface area contributed by atoms with Crippen LogP contribution in [0.3, 0.4) is 0 Å². The lowest BCUT2D eigenvalue weighted by Crippen LogP contribution is -2.11. The Morgan fingerprint density at radius 3 is 1.77 bits per heavy atom. The zero-order valence-electron chi connectivity index (χ0n) is 15.6. The van der Waals surface area contributed by atoms with Gasteiger partial charge in [0.15, 0.2) is 0 Å². The number of esters is 1. The number of aliphatic carboxylic acids is 2. The minimum absolute atomic E-state index is 0.0255. The molecule has 0 bridgehead atoms. The molecule has 26 heavy (non-hydrogen) atoms. The quantitative estimate of drug-likeness (QED) is 0.502. The molecule has 1 aliphatic heterocycles. The summed E-state index contributed by atoms with van der Waals surface area (Å²) in [5.74, 6) is -1.90. The van der Waals surface area contributed by atoms with Gasteiger partial charge in [0.1, 0.15) is 0 Å². The van der Waals surface area contributed by atoms with E-state index in [9.17, 15) is 19.2 Å². The first-order chi connectivity index (χ1) is 11.9.